The average Bonchev–Trinajstić information content (AvgIpc) is 2.90. The average molecular weight is 270 g/mol. The van der Waals surface area contributed by atoms with E-state index >= 15 is 0 Å². The lowest BCUT2D eigenvalue weighted by Crippen LogP contribution is -2.31. The van der Waals surface area contributed by atoms with E-state index in [1.165, 1.54) is 0 Å². The molecule has 0 aromatic heterocycles. The topological polar surface area (TPSA) is 81.4 Å². The van der Waals surface area contributed by atoms with Gasteiger partial charge in [-0.15, -0.1) is 0 Å². The third-order valence-electron chi connectivity index (χ3n) is 2.99. The molecule has 0 saturated carbocycles. The third kappa shape index (κ3) is 3.29. The fourth-order valence-corrected chi connectivity index (χ4v) is 2.96. The summed E-state index contributed by atoms with van der Waals surface area (Å²) in [5.74, 6) is 0. The number of benzene rings is 1. The minimum atomic E-state index is -3.44. The van der Waals surface area contributed by atoms with Crippen molar-refractivity contribution in [3.8, 4) is 0 Å². The first-order valence-electron chi connectivity index (χ1n) is 6.02. The van der Waals surface area contributed by atoms with Crippen molar-refractivity contribution in [3.05, 3.63) is 29.8 Å². The first-order valence-corrected chi connectivity index (χ1v) is 7.50. The van der Waals surface area contributed by atoms with Gasteiger partial charge in [-0.2, -0.15) is 0 Å². The molecule has 1 aliphatic rings. The van der Waals surface area contributed by atoms with Crippen molar-refractivity contribution in [1.29, 1.82) is 0 Å². The highest BCUT2D eigenvalue weighted by Crippen LogP contribution is 2.13. The van der Waals surface area contributed by atoms with Crippen LogP contribution in [0, 0.1) is 0 Å². The van der Waals surface area contributed by atoms with Gasteiger partial charge in [0.25, 0.3) is 0 Å². The molecule has 0 aliphatic carbocycles. The Labute approximate surface area is 107 Å². The van der Waals surface area contributed by atoms with Crippen LogP contribution in [0.15, 0.2) is 29.2 Å². The number of nitrogens with one attached hydrogen (secondary N) is 1. The maximum Gasteiger partial charge on any atom is 0.240 e. The molecule has 0 unspecified atom stereocenters. The largest absolute Gasteiger partial charge is 0.377 e. The van der Waals surface area contributed by atoms with Crippen LogP contribution in [0.25, 0.3) is 0 Å². The van der Waals surface area contributed by atoms with Gasteiger partial charge in [0.2, 0.25) is 10.0 Å². The Morgan fingerprint density at radius 2 is 2.06 bits per heavy atom. The summed E-state index contributed by atoms with van der Waals surface area (Å²) in [6, 6.07) is 6.58. The summed E-state index contributed by atoms with van der Waals surface area (Å²) in [7, 11) is -3.44. The molecule has 1 aromatic rings. The molecule has 1 heterocycles. The maximum atomic E-state index is 12.0. The van der Waals surface area contributed by atoms with Crippen molar-refractivity contribution in [1.82, 2.24) is 4.72 Å². The van der Waals surface area contributed by atoms with Crippen LogP contribution in [0.5, 0.6) is 0 Å². The first-order chi connectivity index (χ1) is 8.62. The molecular formula is C12H18N2O3S. The van der Waals surface area contributed by atoms with Crippen LogP contribution in [-0.4, -0.2) is 27.7 Å². The number of hydrogen-bond acceptors (Lipinski definition) is 4. The molecule has 0 spiro atoms. The monoisotopic (exact) mass is 270 g/mol. The van der Waals surface area contributed by atoms with Crippen molar-refractivity contribution in [2.75, 3.05) is 13.2 Å². The van der Waals surface area contributed by atoms with E-state index in [1.54, 1.807) is 24.3 Å². The maximum absolute atomic E-state index is 12.0. The highest BCUT2D eigenvalue weighted by atomic mass is 32.2. The third-order valence-corrected chi connectivity index (χ3v) is 4.43. The summed E-state index contributed by atoms with van der Waals surface area (Å²) in [5, 5.41) is 0. The fourth-order valence-electron chi connectivity index (χ4n) is 1.90. The first kappa shape index (κ1) is 13.5. The highest BCUT2D eigenvalue weighted by molar-refractivity contribution is 7.89. The van der Waals surface area contributed by atoms with E-state index < -0.39 is 10.0 Å². The van der Waals surface area contributed by atoms with Gasteiger partial charge in [-0.3, -0.25) is 0 Å². The van der Waals surface area contributed by atoms with E-state index in [-0.39, 0.29) is 11.0 Å². The standard InChI is InChI=1S/C12H18N2O3S/c13-8-10-3-5-12(6-4-10)18(15,16)14-9-11-2-1-7-17-11/h3-6,11,14H,1-2,7-9,13H2/t11-/m1/s1. The quantitative estimate of drug-likeness (QED) is 0.821. The lowest BCUT2D eigenvalue weighted by atomic mass is 10.2. The Morgan fingerprint density at radius 1 is 1.33 bits per heavy atom. The Kier molecular flexibility index (Phi) is 4.34. The summed E-state index contributed by atoms with van der Waals surface area (Å²) in [4.78, 5) is 0.262. The van der Waals surface area contributed by atoms with E-state index in [2.05, 4.69) is 4.72 Å². The van der Waals surface area contributed by atoms with Crippen LogP contribution < -0.4 is 10.5 Å². The molecule has 1 aliphatic heterocycles. The molecule has 1 fully saturated rings. The number of sulfonamides is 1. The predicted octanol–water partition coefficient (Wildman–Crippen LogP) is 0.603. The SMILES string of the molecule is NCc1ccc(S(=O)(=O)NC[C@H]2CCCO2)cc1. The van der Waals surface area contributed by atoms with E-state index in [9.17, 15) is 8.42 Å². The number of rotatable bonds is 5. The molecule has 18 heavy (non-hydrogen) atoms. The van der Waals surface area contributed by atoms with Gasteiger partial charge in [-0.05, 0) is 30.5 Å². The zero-order valence-electron chi connectivity index (χ0n) is 10.1. The van der Waals surface area contributed by atoms with Gasteiger partial charge in [0.1, 0.15) is 0 Å². The molecule has 1 aromatic carbocycles. The van der Waals surface area contributed by atoms with Crippen molar-refractivity contribution < 1.29 is 13.2 Å². The Balaban J connectivity index is 2.00. The van der Waals surface area contributed by atoms with E-state index in [4.69, 9.17) is 10.5 Å². The predicted molar refractivity (Wildman–Crippen MR) is 68.5 cm³/mol. The van der Waals surface area contributed by atoms with E-state index in [0.29, 0.717) is 13.1 Å². The van der Waals surface area contributed by atoms with Gasteiger partial charge in [0.05, 0.1) is 11.0 Å². The van der Waals surface area contributed by atoms with Gasteiger partial charge >= 0.3 is 0 Å². The highest BCUT2D eigenvalue weighted by Gasteiger charge is 2.19. The molecule has 6 heteroatoms. The molecule has 0 radical (unpaired) electrons. The molecule has 0 bridgehead atoms. The number of ether oxygens (including phenoxy) is 1. The zero-order chi connectivity index (χ0) is 13.0. The van der Waals surface area contributed by atoms with Gasteiger partial charge in [0, 0.05) is 19.7 Å². The van der Waals surface area contributed by atoms with Crippen LogP contribution in [0.4, 0.5) is 0 Å². The molecule has 3 N–H and O–H groups in total. The lowest BCUT2D eigenvalue weighted by Gasteiger charge is -2.11. The molecule has 100 valence electrons. The minimum absolute atomic E-state index is 0.00286. The van der Waals surface area contributed by atoms with Gasteiger partial charge in [-0.1, -0.05) is 12.1 Å². The molecule has 2 rings (SSSR count). The summed E-state index contributed by atoms with van der Waals surface area (Å²) in [5.41, 5.74) is 6.38. The fraction of sp³-hybridized carbons (Fsp3) is 0.500. The second-order valence-corrected chi connectivity index (χ2v) is 6.10. The van der Waals surface area contributed by atoms with Crippen LogP contribution in [-0.2, 0) is 21.3 Å². The van der Waals surface area contributed by atoms with Gasteiger partial charge in [-0.25, -0.2) is 13.1 Å². The van der Waals surface area contributed by atoms with Crippen molar-refractivity contribution in [2.24, 2.45) is 5.73 Å². The van der Waals surface area contributed by atoms with Gasteiger partial charge in [0.15, 0.2) is 0 Å². The van der Waals surface area contributed by atoms with E-state index in [1.807, 2.05) is 0 Å². The normalized spacial score (nSPS) is 20.2. The van der Waals surface area contributed by atoms with Crippen molar-refractivity contribution >= 4 is 10.0 Å². The summed E-state index contributed by atoms with van der Waals surface area (Å²) < 4.78 is 31.9. The summed E-state index contributed by atoms with van der Waals surface area (Å²) in [6.07, 6.45) is 1.91. The number of nitrogens with two attached hydrogens (primary N) is 1. The summed E-state index contributed by atoms with van der Waals surface area (Å²) >= 11 is 0. The molecule has 1 saturated heterocycles. The molecule has 1 atom stereocenters. The van der Waals surface area contributed by atoms with E-state index in [0.717, 1.165) is 25.0 Å². The second kappa shape index (κ2) is 5.79. The molecular weight excluding hydrogens is 252 g/mol. The second-order valence-electron chi connectivity index (χ2n) is 4.34. The minimum Gasteiger partial charge on any atom is -0.377 e. The Morgan fingerprint density at radius 3 is 2.61 bits per heavy atom. The van der Waals surface area contributed by atoms with Crippen LogP contribution >= 0.6 is 0 Å². The lowest BCUT2D eigenvalue weighted by molar-refractivity contribution is 0.114. The summed E-state index contributed by atoms with van der Waals surface area (Å²) in [6.45, 7) is 1.46. The molecule has 5 nitrogen and oxygen atoms in total. The zero-order valence-corrected chi connectivity index (χ0v) is 10.9. The Bertz CT molecular complexity index is 479. The smallest absolute Gasteiger partial charge is 0.240 e. The Hall–Kier alpha value is -0.950. The number of hydrogen-bond donors (Lipinski definition) is 2. The van der Waals surface area contributed by atoms with Crippen LogP contribution in [0.1, 0.15) is 18.4 Å². The van der Waals surface area contributed by atoms with Crippen molar-refractivity contribution in [3.63, 3.8) is 0 Å². The molecule has 0 amide bonds. The van der Waals surface area contributed by atoms with Crippen LogP contribution in [0.2, 0.25) is 0 Å². The van der Waals surface area contributed by atoms with Crippen molar-refractivity contribution in [2.45, 2.75) is 30.4 Å². The van der Waals surface area contributed by atoms with Crippen LogP contribution in [0.3, 0.4) is 0 Å². The van der Waals surface area contributed by atoms with Gasteiger partial charge < -0.3 is 10.5 Å².